The number of fused-ring (bicyclic) bond motifs is 1. The number of carbonyl (C=O) groups excluding carboxylic acids is 4. The molecule has 0 radical (unpaired) electrons. The standard InChI is InChI=1S/C22H18ClF2N3O4/c23-15-4-2-14(3-5-15)22(24,25)21(32)26-10-12-1-6-16-13(9-12)11-28(20(16)31)17-7-8-18(29)27-19(17)30/h1-6,9,17H,7-8,10-11H2,(H,26,32)(H,27,29,30)/i7D,8D,10D2,17D/hD2. The number of hydrogen-bond donors (Lipinski definition) is 2. The Morgan fingerprint density at radius 1 is 1.34 bits per heavy atom. The van der Waals surface area contributed by atoms with E-state index in [0.29, 0.717) is 4.90 Å². The van der Waals surface area contributed by atoms with Crippen molar-refractivity contribution in [2.24, 2.45) is 0 Å². The summed E-state index contributed by atoms with van der Waals surface area (Å²) in [5.74, 6) is -10.3. The molecule has 2 heterocycles. The molecule has 7 nitrogen and oxygen atoms in total. The van der Waals surface area contributed by atoms with Gasteiger partial charge in [0.05, 0.1) is 4.11 Å². The van der Waals surface area contributed by atoms with Crippen LogP contribution >= 0.6 is 11.6 Å². The summed E-state index contributed by atoms with van der Waals surface area (Å²) in [7, 11) is 0. The molecule has 1 fully saturated rings. The predicted octanol–water partition coefficient (Wildman–Crippen LogP) is 2.51. The highest BCUT2D eigenvalue weighted by Gasteiger charge is 2.41. The van der Waals surface area contributed by atoms with Crippen molar-refractivity contribution in [3.63, 3.8) is 0 Å². The number of amides is 4. The zero-order valence-electron chi connectivity index (χ0n) is 23.0. The van der Waals surface area contributed by atoms with Crippen LogP contribution in [0.4, 0.5) is 8.78 Å². The summed E-state index contributed by atoms with van der Waals surface area (Å²) in [5.41, 5.74) is -1.50. The Labute approximate surface area is 196 Å². The Kier molecular flexibility index (Phi) is 3.81. The highest BCUT2D eigenvalue weighted by molar-refractivity contribution is 6.30. The third-order valence-corrected chi connectivity index (χ3v) is 5.03. The molecule has 4 amide bonds. The van der Waals surface area contributed by atoms with Crippen molar-refractivity contribution in [3.8, 4) is 0 Å². The second-order valence-electron chi connectivity index (χ2n) is 6.85. The maximum atomic E-state index is 14.8. The van der Waals surface area contributed by atoms with Crippen molar-refractivity contribution in [1.29, 1.82) is 0 Å². The first-order chi connectivity index (χ1) is 18.0. The van der Waals surface area contributed by atoms with E-state index in [2.05, 4.69) is 0 Å². The fourth-order valence-electron chi connectivity index (χ4n) is 3.17. The van der Waals surface area contributed by atoms with E-state index >= 15 is 0 Å². The second-order valence-corrected chi connectivity index (χ2v) is 7.28. The monoisotopic (exact) mass is 468 g/mol. The number of nitrogens with one attached hydrogen (secondary N) is 2. The number of piperidine rings is 1. The first kappa shape index (κ1) is 14.7. The largest absolute Gasteiger partial charge is 0.349 e. The van der Waals surface area contributed by atoms with Crippen molar-refractivity contribution in [2.45, 2.75) is 37.8 Å². The molecule has 10 heteroatoms. The summed E-state index contributed by atoms with van der Waals surface area (Å²) in [6, 6.07) is 4.05. The van der Waals surface area contributed by atoms with Crippen molar-refractivity contribution < 1.29 is 37.6 Å². The van der Waals surface area contributed by atoms with Gasteiger partial charge in [-0.1, -0.05) is 35.9 Å². The zero-order chi connectivity index (χ0) is 29.2. The number of halogens is 3. The molecule has 166 valence electrons. The molecule has 0 saturated carbocycles. The first-order valence-electron chi connectivity index (χ1n) is 12.7. The third-order valence-electron chi connectivity index (χ3n) is 4.78. The van der Waals surface area contributed by atoms with Crippen LogP contribution in [0.15, 0.2) is 42.5 Å². The number of rotatable bonds is 5. The highest BCUT2D eigenvalue weighted by Crippen LogP contribution is 2.30. The maximum absolute atomic E-state index is 14.8. The number of nitrogens with zero attached hydrogens (tertiary/aromatic N) is 1. The van der Waals surface area contributed by atoms with Gasteiger partial charge in [-0.3, -0.25) is 24.5 Å². The average Bonchev–Trinajstić information content (AvgIpc) is 3.25. The van der Waals surface area contributed by atoms with Gasteiger partial charge in [-0.25, -0.2) is 0 Å². The van der Waals surface area contributed by atoms with E-state index in [1.54, 1.807) is 0 Å². The summed E-state index contributed by atoms with van der Waals surface area (Å²) in [6.07, 6.45) is -4.08. The minimum Gasteiger partial charge on any atom is -0.346 e. The average molecular weight is 469 g/mol. The SMILES string of the molecule is [2H]C1C(=O)N([2H])C(=O)C([2H])(N2Cc3cc(C([2H])([2H])N([2H])C(=O)C(F)(F)c4ccc(Cl)cc4)ccc3C2=O)C1[2H]. The number of carbonyl (C=O) groups is 4. The Bertz CT molecular complexity index is 1400. The van der Waals surface area contributed by atoms with E-state index in [4.69, 9.17) is 21.3 Å². The number of imide groups is 1. The van der Waals surface area contributed by atoms with Crippen molar-refractivity contribution in [2.75, 3.05) is 0 Å². The van der Waals surface area contributed by atoms with Crippen LogP contribution < -0.4 is 10.6 Å². The van der Waals surface area contributed by atoms with Crippen molar-refractivity contribution in [3.05, 3.63) is 69.7 Å². The first-order valence-corrected chi connectivity index (χ1v) is 9.49. The molecule has 0 spiro atoms. The van der Waals surface area contributed by atoms with Crippen LogP contribution in [-0.2, 0) is 33.3 Å². The Morgan fingerprint density at radius 3 is 2.78 bits per heavy atom. The lowest BCUT2D eigenvalue weighted by molar-refractivity contribution is -0.147. The molecule has 3 unspecified atom stereocenters. The number of benzene rings is 2. The second kappa shape index (κ2) is 8.31. The molecule has 2 aromatic carbocycles. The van der Waals surface area contributed by atoms with Gasteiger partial charge in [0, 0.05) is 38.3 Å². The van der Waals surface area contributed by atoms with E-state index in [9.17, 15) is 28.0 Å². The van der Waals surface area contributed by atoms with E-state index in [-0.39, 0.29) is 21.5 Å². The molecule has 32 heavy (non-hydrogen) atoms. The van der Waals surface area contributed by atoms with Gasteiger partial charge in [-0.15, -0.1) is 0 Å². The van der Waals surface area contributed by atoms with Gasteiger partial charge in [-0.2, -0.15) is 8.78 Å². The molecule has 3 atom stereocenters. The van der Waals surface area contributed by atoms with Gasteiger partial charge in [0.15, 0.2) is 2.82 Å². The lowest BCUT2D eigenvalue weighted by Crippen LogP contribution is -2.52. The summed E-state index contributed by atoms with van der Waals surface area (Å²) >= 11 is 5.68. The lowest BCUT2D eigenvalue weighted by atomic mass is 10.0. The fraction of sp³-hybridized carbons (Fsp3) is 0.273. The molecule has 0 bridgehead atoms. The minimum absolute atomic E-state index is 0.0340. The molecule has 4 rings (SSSR count). The summed E-state index contributed by atoms with van der Waals surface area (Å²) in [5, 5.41) is -0.675. The van der Waals surface area contributed by atoms with E-state index < -0.39 is 77.8 Å². The summed E-state index contributed by atoms with van der Waals surface area (Å²) in [6.45, 7) is -3.74. The lowest BCUT2D eigenvalue weighted by Gasteiger charge is -2.29. The topological polar surface area (TPSA) is 95.6 Å². The molecule has 1 saturated heterocycles. The molecular formula is C22H18ClF2N3O4. The molecular weight excluding hydrogens is 444 g/mol. The van der Waals surface area contributed by atoms with Crippen LogP contribution in [0.1, 0.15) is 46.7 Å². The molecule has 2 aliphatic heterocycles. The van der Waals surface area contributed by atoms with Crippen molar-refractivity contribution in [1.82, 2.24) is 15.5 Å². The van der Waals surface area contributed by atoms with E-state index in [1.165, 1.54) is 0 Å². The van der Waals surface area contributed by atoms with E-state index in [1.807, 2.05) is 0 Å². The van der Waals surface area contributed by atoms with Gasteiger partial charge in [-0.05, 0) is 35.7 Å². The van der Waals surface area contributed by atoms with Gasteiger partial charge in [0.1, 0.15) is 6.02 Å². The Morgan fingerprint density at radius 2 is 2.06 bits per heavy atom. The minimum atomic E-state index is -4.29. The van der Waals surface area contributed by atoms with Crippen LogP contribution in [0.2, 0.25) is 7.85 Å². The quantitative estimate of drug-likeness (QED) is 0.659. The van der Waals surface area contributed by atoms with Crippen LogP contribution in [0.5, 0.6) is 0 Å². The maximum Gasteiger partial charge on any atom is 0.349 e. The van der Waals surface area contributed by atoms with Gasteiger partial charge in [0.2, 0.25) is 11.8 Å². The molecule has 2 aromatic rings. The number of alkyl halides is 2. The molecule has 0 aliphatic carbocycles. The zero-order valence-corrected chi connectivity index (χ0v) is 16.8. The normalized spacial score (nSPS) is 29.2. The van der Waals surface area contributed by atoms with Gasteiger partial charge in [0.25, 0.3) is 11.8 Å². The van der Waals surface area contributed by atoms with Gasteiger partial charge >= 0.3 is 5.92 Å². The van der Waals surface area contributed by atoms with Crippen molar-refractivity contribution >= 4 is 35.2 Å². The molecule has 2 N–H and O–H groups in total. The Hall–Kier alpha value is -3.33. The van der Waals surface area contributed by atoms with Gasteiger partial charge < -0.3 is 10.2 Å². The molecule has 2 aliphatic rings. The fourth-order valence-corrected chi connectivity index (χ4v) is 3.30. The van der Waals surface area contributed by atoms with Crippen LogP contribution in [0.25, 0.3) is 0 Å². The van der Waals surface area contributed by atoms with Crippen LogP contribution in [0, 0.1) is 0 Å². The smallest absolute Gasteiger partial charge is 0.346 e. The van der Waals surface area contributed by atoms with Crippen LogP contribution in [-0.4, -0.2) is 34.5 Å². The van der Waals surface area contributed by atoms with E-state index in [0.717, 1.165) is 42.5 Å². The third kappa shape index (κ3) is 4.08. The predicted molar refractivity (Wildman–Crippen MR) is 110 cm³/mol. The number of hydrogen-bond acceptors (Lipinski definition) is 4. The Balaban J connectivity index is 1.64. The highest BCUT2D eigenvalue weighted by atomic mass is 35.5. The molecule has 0 aromatic heterocycles. The van der Waals surface area contributed by atoms with Crippen LogP contribution in [0.3, 0.4) is 0 Å². The summed E-state index contributed by atoms with van der Waals surface area (Å²) in [4.78, 5) is 50.6. The summed E-state index contributed by atoms with van der Waals surface area (Å²) < 4.78 is 86.0.